The van der Waals surface area contributed by atoms with Crippen LogP contribution in [0.1, 0.15) is 19.4 Å². The van der Waals surface area contributed by atoms with E-state index < -0.39 is 34.0 Å². The second-order valence-corrected chi connectivity index (χ2v) is 12.5. The fraction of sp³-hybridized carbons (Fsp3) is 0.393. The number of hydrogen-bond donors (Lipinski definition) is 3. The SMILES string of the molecule is C[C@@H]1CN([C@@H](C)CO)C(=O)Cc2cc(NC(=O)Nc3ccc(F)cc3)ccc2O[C@@H]1CN(C)S(=O)(=O)c1cn(C)cn1. The number of nitrogens with one attached hydrogen (secondary N) is 2. The maximum absolute atomic E-state index is 13.4. The molecule has 1 aliphatic rings. The van der Waals surface area contributed by atoms with E-state index in [1.54, 1.807) is 41.6 Å². The molecule has 3 aromatic rings. The van der Waals surface area contributed by atoms with Crippen LogP contribution in [0.2, 0.25) is 0 Å². The monoisotopic (exact) mass is 602 g/mol. The van der Waals surface area contributed by atoms with Gasteiger partial charge in [0.15, 0.2) is 5.03 Å². The molecule has 2 heterocycles. The van der Waals surface area contributed by atoms with Crippen LogP contribution in [0.5, 0.6) is 5.75 Å². The Morgan fingerprint density at radius 1 is 1.21 bits per heavy atom. The van der Waals surface area contributed by atoms with Crippen molar-refractivity contribution in [1.82, 2.24) is 18.8 Å². The lowest BCUT2D eigenvalue weighted by Crippen LogP contribution is -2.48. The van der Waals surface area contributed by atoms with Crippen LogP contribution in [0.25, 0.3) is 0 Å². The number of aromatic nitrogens is 2. The van der Waals surface area contributed by atoms with E-state index in [-0.39, 0.29) is 43.0 Å². The van der Waals surface area contributed by atoms with Gasteiger partial charge in [-0.25, -0.2) is 22.6 Å². The van der Waals surface area contributed by atoms with Crippen molar-refractivity contribution in [3.8, 4) is 5.75 Å². The van der Waals surface area contributed by atoms with Crippen molar-refractivity contribution in [3.05, 3.63) is 66.4 Å². The van der Waals surface area contributed by atoms with Crippen LogP contribution in [0.4, 0.5) is 20.6 Å². The largest absolute Gasteiger partial charge is 0.488 e. The number of hydrogen-bond acceptors (Lipinski definition) is 7. The summed E-state index contributed by atoms with van der Waals surface area (Å²) in [6, 6.07) is 9.08. The molecule has 0 unspecified atom stereocenters. The number of anilines is 2. The lowest BCUT2D eigenvalue weighted by atomic mass is 10.0. The van der Waals surface area contributed by atoms with Gasteiger partial charge in [0.05, 0.1) is 31.9 Å². The van der Waals surface area contributed by atoms with E-state index >= 15 is 0 Å². The molecule has 3 atom stereocenters. The van der Waals surface area contributed by atoms with Gasteiger partial charge in [-0.2, -0.15) is 4.31 Å². The summed E-state index contributed by atoms with van der Waals surface area (Å²) >= 11 is 0. The van der Waals surface area contributed by atoms with E-state index in [1.165, 1.54) is 48.1 Å². The molecule has 0 bridgehead atoms. The van der Waals surface area contributed by atoms with Crippen LogP contribution in [-0.4, -0.2) is 83.1 Å². The Morgan fingerprint density at radius 2 is 1.88 bits per heavy atom. The van der Waals surface area contributed by atoms with Crippen LogP contribution in [0, 0.1) is 11.7 Å². The topological polar surface area (TPSA) is 146 Å². The number of imidazole rings is 1. The number of sulfonamides is 1. The number of rotatable bonds is 8. The molecule has 3 amide bonds. The Morgan fingerprint density at radius 3 is 2.52 bits per heavy atom. The number of urea groups is 1. The maximum Gasteiger partial charge on any atom is 0.323 e. The number of likely N-dealkylation sites (N-methyl/N-ethyl adjacent to an activating group) is 1. The molecule has 2 aromatic carbocycles. The van der Waals surface area contributed by atoms with Gasteiger partial charge in [-0.1, -0.05) is 6.92 Å². The number of aliphatic hydroxyl groups is 1. The molecule has 0 aliphatic carbocycles. The number of carbonyl (C=O) groups is 2. The highest BCUT2D eigenvalue weighted by atomic mass is 32.2. The smallest absolute Gasteiger partial charge is 0.323 e. The van der Waals surface area contributed by atoms with Gasteiger partial charge in [0, 0.05) is 49.7 Å². The van der Waals surface area contributed by atoms with E-state index in [0.717, 1.165) is 0 Å². The number of ether oxygens (including phenoxy) is 1. The summed E-state index contributed by atoms with van der Waals surface area (Å²) in [6.45, 7) is 3.53. The quantitative estimate of drug-likeness (QED) is 0.359. The van der Waals surface area contributed by atoms with Gasteiger partial charge in [0.2, 0.25) is 5.91 Å². The first-order valence-electron chi connectivity index (χ1n) is 13.3. The number of halogens is 1. The second kappa shape index (κ2) is 12.9. The Labute approximate surface area is 244 Å². The van der Waals surface area contributed by atoms with Crippen molar-refractivity contribution in [3.63, 3.8) is 0 Å². The molecule has 3 N–H and O–H groups in total. The molecule has 0 fully saturated rings. The van der Waals surface area contributed by atoms with E-state index in [2.05, 4.69) is 15.6 Å². The predicted octanol–water partition coefficient (Wildman–Crippen LogP) is 2.67. The molecule has 4 rings (SSSR count). The first kappa shape index (κ1) is 30.9. The third kappa shape index (κ3) is 7.24. The Kier molecular flexibility index (Phi) is 9.49. The van der Waals surface area contributed by atoms with Crippen LogP contribution in [0.3, 0.4) is 0 Å². The number of nitrogens with zero attached hydrogens (tertiary/aromatic N) is 4. The predicted molar refractivity (Wildman–Crippen MR) is 154 cm³/mol. The van der Waals surface area contributed by atoms with Crippen molar-refractivity contribution in [2.24, 2.45) is 13.0 Å². The third-order valence-corrected chi connectivity index (χ3v) is 8.78. The van der Waals surface area contributed by atoms with Gasteiger partial charge >= 0.3 is 6.03 Å². The summed E-state index contributed by atoms with van der Waals surface area (Å²) in [4.78, 5) is 31.5. The van der Waals surface area contributed by atoms with Crippen LogP contribution < -0.4 is 15.4 Å². The van der Waals surface area contributed by atoms with Gasteiger partial charge < -0.3 is 29.9 Å². The Hall–Kier alpha value is -4.01. The molecule has 0 saturated carbocycles. The normalized spacial score (nSPS) is 18.4. The molecule has 0 spiro atoms. The van der Waals surface area contributed by atoms with Crippen LogP contribution in [0.15, 0.2) is 60.0 Å². The number of benzene rings is 2. The number of amides is 3. The lowest BCUT2D eigenvalue weighted by Gasteiger charge is -2.33. The first-order valence-corrected chi connectivity index (χ1v) is 14.8. The molecule has 14 heteroatoms. The summed E-state index contributed by atoms with van der Waals surface area (Å²) in [6.07, 6.45) is 2.07. The van der Waals surface area contributed by atoms with E-state index in [1.807, 2.05) is 6.92 Å². The minimum atomic E-state index is -3.92. The number of aliphatic hydroxyl groups excluding tert-OH is 1. The van der Waals surface area contributed by atoms with Crippen molar-refractivity contribution in [1.29, 1.82) is 0 Å². The summed E-state index contributed by atoms with van der Waals surface area (Å²) < 4.78 is 48.7. The highest BCUT2D eigenvalue weighted by molar-refractivity contribution is 7.89. The van der Waals surface area contributed by atoms with Crippen LogP contribution >= 0.6 is 0 Å². The number of carbonyl (C=O) groups excluding carboxylic acids is 2. The minimum Gasteiger partial charge on any atom is -0.488 e. The van der Waals surface area contributed by atoms with Crippen molar-refractivity contribution in [2.75, 3.05) is 37.4 Å². The standard InChI is InChI=1S/C28H35FN6O6S/c1-18-13-35(19(2)16-36)27(37)12-20-11-23(32-28(38)31-22-7-5-21(29)6-8-22)9-10-24(20)41-25(18)14-34(4)42(39,40)26-15-33(3)17-30-26/h5-11,15,17-19,25,36H,12-14,16H2,1-4H3,(H2,31,32,38)/t18-,19+,25-/m1/s1. The van der Waals surface area contributed by atoms with Gasteiger partial charge in [-0.15, -0.1) is 0 Å². The fourth-order valence-electron chi connectivity index (χ4n) is 4.59. The molecule has 0 radical (unpaired) electrons. The fourth-order valence-corrected chi connectivity index (χ4v) is 5.73. The van der Waals surface area contributed by atoms with E-state index in [9.17, 15) is 27.5 Å². The molecule has 1 aromatic heterocycles. The van der Waals surface area contributed by atoms with Gasteiger partial charge in [-0.3, -0.25) is 4.79 Å². The van der Waals surface area contributed by atoms with E-state index in [0.29, 0.717) is 22.7 Å². The molecule has 0 saturated heterocycles. The third-order valence-electron chi connectivity index (χ3n) is 7.07. The highest BCUT2D eigenvalue weighted by Crippen LogP contribution is 2.30. The van der Waals surface area contributed by atoms with Crippen molar-refractivity contribution in [2.45, 2.75) is 37.4 Å². The molecular weight excluding hydrogens is 567 g/mol. The molecule has 226 valence electrons. The zero-order valence-electron chi connectivity index (χ0n) is 23.8. The summed E-state index contributed by atoms with van der Waals surface area (Å²) in [7, 11) is -0.796. The van der Waals surface area contributed by atoms with Crippen molar-refractivity contribution >= 4 is 33.3 Å². The average Bonchev–Trinajstić information content (AvgIpc) is 3.40. The van der Waals surface area contributed by atoms with Crippen LogP contribution in [-0.2, 0) is 28.3 Å². The summed E-state index contributed by atoms with van der Waals surface area (Å²) in [5, 5.41) is 15.1. The first-order chi connectivity index (χ1) is 19.9. The molecule has 42 heavy (non-hydrogen) atoms. The summed E-state index contributed by atoms with van der Waals surface area (Å²) in [5.41, 5.74) is 1.25. The Bertz CT molecular complexity index is 1530. The highest BCUT2D eigenvalue weighted by Gasteiger charge is 2.34. The molecular formula is C28H35FN6O6S. The van der Waals surface area contributed by atoms with E-state index in [4.69, 9.17) is 4.74 Å². The van der Waals surface area contributed by atoms with Gasteiger partial charge in [-0.05, 0) is 49.4 Å². The molecule has 12 nitrogen and oxygen atoms in total. The van der Waals surface area contributed by atoms with Gasteiger partial charge in [0.25, 0.3) is 10.0 Å². The van der Waals surface area contributed by atoms with Crippen molar-refractivity contribution < 1.29 is 32.2 Å². The van der Waals surface area contributed by atoms with Gasteiger partial charge in [0.1, 0.15) is 17.7 Å². The number of aryl methyl sites for hydroxylation is 1. The average molecular weight is 603 g/mol. The zero-order valence-corrected chi connectivity index (χ0v) is 24.6. The second-order valence-electron chi connectivity index (χ2n) is 10.5. The zero-order chi connectivity index (χ0) is 30.6. The number of fused-ring (bicyclic) bond motifs is 1. The maximum atomic E-state index is 13.4. The summed E-state index contributed by atoms with van der Waals surface area (Å²) in [5.74, 6) is -0.640. The Balaban J connectivity index is 1.61. The lowest BCUT2D eigenvalue weighted by molar-refractivity contribution is -0.134. The molecule has 1 aliphatic heterocycles. The minimum absolute atomic E-state index is 0.0326.